The summed E-state index contributed by atoms with van der Waals surface area (Å²) in [5.41, 5.74) is 8.75. The fraction of sp³-hybridized carbons (Fsp3) is 0.286. The number of nitrogens with two attached hydrogens (primary N) is 1. The molecule has 4 nitrogen and oxygen atoms in total. The summed E-state index contributed by atoms with van der Waals surface area (Å²) in [5.74, 6) is 0.0344. The largest absolute Gasteiger partial charge is 0.375 e. The number of aryl methyl sites for hydroxylation is 2. The van der Waals surface area contributed by atoms with Crippen LogP contribution in [0.1, 0.15) is 23.2 Å². The molecule has 0 fully saturated rings. The predicted octanol–water partition coefficient (Wildman–Crippen LogP) is 2.28. The molecule has 3 N–H and O–H groups in total. The number of nitrogens with one attached hydrogen (secondary N) is 1. The molecule has 1 aromatic carbocycles. The van der Waals surface area contributed by atoms with Crippen LogP contribution in [-0.2, 0) is 17.8 Å². The summed E-state index contributed by atoms with van der Waals surface area (Å²) in [6.45, 7) is 2.61. The van der Waals surface area contributed by atoms with Gasteiger partial charge in [-0.05, 0) is 18.9 Å². The minimum Gasteiger partial charge on any atom is -0.375 e. The molecular weight excluding hydrogens is 258 g/mol. The molecule has 1 heterocycles. The third kappa shape index (κ3) is 4.37. The number of anilines is 1. The number of aromatic nitrogens is 1. The quantitative estimate of drug-likeness (QED) is 0.879. The highest BCUT2D eigenvalue weighted by Crippen LogP contribution is 2.12. The maximum atomic E-state index is 11.7. The summed E-state index contributed by atoms with van der Waals surface area (Å²) < 4.78 is 0. The molecule has 1 amide bonds. The lowest BCUT2D eigenvalue weighted by Gasteiger charge is -2.05. The van der Waals surface area contributed by atoms with Gasteiger partial charge in [-0.3, -0.25) is 4.79 Å². The minimum absolute atomic E-state index is 0.0344. The number of rotatable bonds is 5. The third-order valence-corrected chi connectivity index (χ3v) is 3.51. The topological polar surface area (TPSA) is 68.0 Å². The number of nitrogen functional groups attached to an aromatic ring is 1. The number of hydrogen-bond acceptors (Lipinski definition) is 4. The summed E-state index contributed by atoms with van der Waals surface area (Å²) in [6.07, 6.45) is 1.07. The Morgan fingerprint density at radius 2 is 2.11 bits per heavy atom. The van der Waals surface area contributed by atoms with Gasteiger partial charge >= 0.3 is 0 Å². The number of nitrogens with zero attached hydrogens (tertiary/aromatic N) is 1. The van der Waals surface area contributed by atoms with Crippen LogP contribution in [0.5, 0.6) is 0 Å². The fourth-order valence-corrected chi connectivity index (χ4v) is 2.27. The van der Waals surface area contributed by atoms with E-state index in [1.54, 1.807) is 0 Å². The van der Waals surface area contributed by atoms with Crippen molar-refractivity contribution in [1.29, 1.82) is 0 Å². The summed E-state index contributed by atoms with van der Waals surface area (Å²) in [4.78, 5) is 15.8. The molecule has 0 atom stereocenters. The second kappa shape index (κ2) is 6.33. The molecule has 100 valence electrons. The first kappa shape index (κ1) is 13.5. The van der Waals surface area contributed by atoms with Crippen molar-refractivity contribution < 1.29 is 4.79 Å². The van der Waals surface area contributed by atoms with E-state index in [9.17, 15) is 4.79 Å². The molecule has 0 aliphatic carbocycles. The van der Waals surface area contributed by atoms with Crippen molar-refractivity contribution >= 4 is 22.4 Å². The minimum atomic E-state index is 0.0344. The molecule has 0 aliphatic heterocycles. The Labute approximate surface area is 116 Å². The Morgan fingerprint density at radius 3 is 2.74 bits per heavy atom. The zero-order valence-electron chi connectivity index (χ0n) is 10.8. The van der Waals surface area contributed by atoms with E-state index in [1.807, 2.05) is 36.6 Å². The van der Waals surface area contributed by atoms with E-state index in [4.69, 9.17) is 5.73 Å². The van der Waals surface area contributed by atoms with Crippen molar-refractivity contribution in [3.8, 4) is 0 Å². The summed E-state index contributed by atoms with van der Waals surface area (Å²) in [6, 6.07) is 8.13. The van der Waals surface area contributed by atoms with Crippen molar-refractivity contribution in [2.24, 2.45) is 0 Å². The summed E-state index contributed by atoms with van der Waals surface area (Å²) in [7, 11) is 0. The normalized spacial score (nSPS) is 10.4. The van der Waals surface area contributed by atoms with Gasteiger partial charge in [-0.2, -0.15) is 0 Å². The maximum Gasteiger partial charge on any atom is 0.220 e. The number of benzene rings is 1. The second-order valence-electron chi connectivity index (χ2n) is 4.44. The highest BCUT2D eigenvalue weighted by Gasteiger charge is 2.04. The number of amides is 1. The predicted molar refractivity (Wildman–Crippen MR) is 77.9 cm³/mol. The van der Waals surface area contributed by atoms with E-state index >= 15 is 0 Å². The highest BCUT2D eigenvalue weighted by atomic mass is 32.1. The average molecular weight is 275 g/mol. The van der Waals surface area contributed by atoms with E-state index in [1.165, 1.54) is 16.9 Å². The van der Waals surface area contributed by atoms with Gasteiger partial charge in [0.2, 0.25) is 5.91 Å². The van der Waals surface area contributed by atoms with Crippen molar-refractivity contribution in [2.75, 3.05) is 5.73 Å². The molecule has 1 aromatic heterocycles. The molecule has 19 heavy (non-hydrogen) atoms. The lowest BCUT2D eigenvalue weighted by Crippen LogP contribution is -2.23. The first-order valence-corrected chi connectivity index (χ1v) is 7.03. The van der Waals surface area contributed by atoms with Crippen LogP contribution in [0, 0.1) is 6.92 Å². The molecule has 2 aromatic rings. The van der Waals surface area contributed by atoms with E-state index < -0.39 is 0 Å². The van der Waals surface area contributed by atoms with Crippen LogP contribution in [0.15, 0.2) is 29.6 Å². The van der Waals surface area contributed by atoms with Crippen LogP contribution in [0.25, 0.3) is 0 Å². The third-order valence-electron chi connectivity index (χ3n) is 2.79. The van der Waals surface area contributed by atoms with Crippen LogP contribution in [-0.4, -0.2) is 10.9 Å². The van der Waals surface area contributed by atoms with Gasteiger partial charge in [0.05, 0.1) is 5.69 Å². The molecule has 0 aliphatic rings. The molecule has 5 heteroatoms. The highest BCUT2D eigenvalue weighted by molar-refractivity contribution is 7.13. The van der Waals surface area contributed by atoms with Crippen LogP contribution in [0.3, 0.4) is 0 Å². The lowest BCUT2D eigenvalue weighted by molar-refractivity contribution is -0.121. The molecule has 0 unspecified atom stereocenters. The van der Waals surface area contributed by atoms with Crippen LogP contribution < -0.4 is 11.1 Å². The van der Waals surface area contributed by atoms with Gasteiger partial charge in [0.15, 0.2) is 5.13 Å². The Morgan fingerprint density at radius 1 is 1.37 bits per heavy atom. The van der Waals surface area contributed by atoms with Gasteiger partial charge in [-0.15, -0.1) is 11.3 Å². The van der Waals surface area contributed by atoms with Gasteiger partial charge in [-0.25, -0.2) is 4.98 Å². The summed E-state index contributed by atoms with van der Waals surface area (Å²) >= 11 is 1.40. The van der Waals surface area contributed by atoms with Crippen molar-refractivity contribution in [1.82, 2.24) is 10.3 Å². The monoisotopic (exact) mass is 275 g/mol. The van der Waals surface area contributed by atoms with E-state index in [0.29, 0.717) is 24.5 Å². The van der Waals surface area contributed by atoms with Crippen LogP contribution in [0.4, 0.5) is 5.13 Å². The molecule has 0 saturated carbocycles. The number of carbonyl (C=O) groups is 1. The first-order valence-electron chi connectivity index (χ1n) is 6.15. The Balaban J connectivity index is 1.74. The van der Waals surface area contributed by atoms with Crippen LogP contribution in [0.2, 0.25) is 0 Å². The van der Waals surface area contributed by atoms with Gasteiger partial charge in [0.25, 0.3) is 0 Å². The molecule has 0 bridgehead atoms. The van der Waals surface area contributed by atoms with Gasteiger partial charge in [-0.1, -0.05) is 29.8 Å². The van der Waals surface area contributed by atoms with Crippen molar-refractivity contribution in [2.45, 2.75) is 26.3 Å². The van der Waals surface area contributed by atoms with Crippen LogP contribution >= 0.6 is 11.3 Å². The summed E-state index contributed by atoms with van der Waals surface area (Å²) in [5, 5.41) is 5.34. The lowest BCUT2D eigenvalue weighted by atomic mass is 10.1. The van der Waals surface area contributed by atoms with Gasteiger partial charge < -0.3 is 11.1 Å². The second-order valence-corrected chi connectivity index (χ2v) is 5.33. The molecule has 0 saturated heterocycles. The van der Waals surface area contributed by atoms with Gasteiger partial charge in [0, 0.05) is 18.3 Å². The SMILES string of the molecule is Cc1ccc(CNC(=O)CCc2csc(N)n2)cc1. The smallest absolute Gasteiger partial charge is 0.220 e. The Bertz CT molecular complexity index is 548. The van der Waals surface area contributed by atoms with E-state index in [-0.39, 0.29) is 5.91 Å². The number of hydrogen-bond donors (Lipinski definition) is 2. The number of carbonyl (C=O) groups excluding carboxylic acids is 1. The maximum absolute atomic E-state index is 11.7. The van der Waals surface area contributed by atoms with Crippen molar-refractivity contribution in [3.05, 3.63) is 46.5 Å². The average Bonchev–Trinajstić information content (AvgIpc) is 2.81. The molecule has 2 rings (SSSR count). The van der Waals surface area contributed by atoms with Crippen molar-refractivity contribution in [3.63, 3.8) is 0 Å². The molecule has 0 radical (unpaired) electrons. The first-order chi connectivity index (χ1) is 9.13. The van der Waals surface area contributed by atoms with Gasteiger partial charge in [0.1, 0.15) is 0 Å². The molecular formula is C14H17N3OS. The standard InChI is InChI=1S/C14H17N3OS/c1-10-2-4-11(5-3-10)8-16-13(18)7-6-12-9-19-14(15)17-12/h2-5,9H,6-8H2,1H3,(H2,15,17)(H,16,18). The molecule has 0 spiro atoms. The zero-order chi connectivity index (χ0) is 13.7. The van der Waals surface area contributed by atoms with E-state index in [0.717, 1.165) is 11.3 Å². The number of thiazole rings is 1. The Hall–Kier alpha value is -1.88. The zero-order valence-corrected chi connectivity index (χ0v) is 11.7. The Kier molecular flexibility index (Phi) is 4.52. The fourth-order valence-electron chi connectivity index (χ4n) is 1.67. The van der Waals surface area contributed by atoms with E-state index in [2.05, 4.69) is 10.3 Å².